The topological polar surface area (TPSA) is 14.8 Å². The van der Waals surface area contributed by atoms with Gasteiger partial charge in [0.2, 0.25) is 0 Å². The zero-order valence-electron chi connectivity index (χ0n) is 67.3. The lowest BCUT2D eigenvalue weighted by molar-refractivity contribution is 0.627. The third kappa shape index (κ3) is 12.3. The molecule has 0 aliphatic carbocycles. The molecule has 0 spiro atoms. The molecule has 122 heavy (non-hydrogen) atoms. The van der Waals surface area contributed by atoms with E-state index < -0.39 is 0 Å². The van der Waals surface area contributed by atoms with Gasteiger partial charge in [-0.25, -0.2) is 8.78 Å². The zero-order valence-corrected chi connectivity index (χ0v) is 67.3. The smallest absolute Gasteiger partial charge is 0.123 e. The third-order valence-corrected chi connectivity index (χ3v) is 25.0. The number of hydrogen-bond acceptors (Lipinski definition) is 0. The first-order valence-corrected chi connectivity index (χ1v) is 42.0. The lowest BCUT2D eigenvalue weighted by atomic mass is 9.85. The Labute approximate surface area is 705 Å². The van der Waals surface area contributed by atoms with Crippen molar-refractivity contribution in [2.75, 3.05) is 0 Å². The highest BCUT2D eigenvalue weighted by Crippen LogP contribution is 2.49. The van der Waals surface area contributed by atoms with Crippen molar-refractivity contribution in [3.63, 3.8) is 0 Å². The Kier molecular flexibility index (Phi) is 18.2. The number of para-hydroxylation sites is 6. The van der Waals surface area contributed by atoms with Crippen LogP contribution in [0.15, 0.2) is 431 Å². The van der Waals surface area contributed by atoms with Crippen LogP contribution in [0.1, 0.15) is 18.1 Å². The summed E-state index contributed by atoms with van der Waals surface area (Å²) in [6, 6.07) is 152. The number of rotatable bonds is 10. The maximum absolute atomic E-state index is 14.5. The van der Waals surface area contributed by atoms with Crippen LogP contribution in [0.2, 0.25) is 0 Å². The molecule has 0 saturated heterocycles. The Morgan fingerprint density at radius 1 is 0.189 bits per heavy atom. The van der Waals surface area contributed by atoms with Crippen LogP contribution in [0.3, 0.4) is 0 Å². The second-order valence-electron chi connectivity index (χ2n) is 31.8. The minimum Gasteiger partial charge on any atom is -0.309 e. The average molecular weight is 1560 g/mol. The highest BCUT2D eigenvalue weighted by molar-refractivity contribution is 6.25. The SMILES string of the molecule is CCc1ccc(-c2c3ccccc3c(-c3ccc(-n4c5ccccc5c5ccccc54)cc3)c3ccccc23)cc1.Cc1ccc(F)cc1-c1c2ccccc2c(-c2ccc(-n3c4ccccc4c4ccccc43)cc2)c2ccccc12.Fc1ccc(-c2c3ccccc3c(-c3ccc(-n4c5ccccc5c5ccccc54)cc3)c3ccccc23)cc1. The van der Waals surface area contributed by atoms with Gasteiger partial charge in [-0.3, -0.25) is 0 Å². The van der Waals surface area contributed by atoms with Gasteiger partial charge in [0, 0.05) is 49.4 Å². The molecule has 0 aliphatic heterocycles. The molecule has 0 fully saturated rings. The van der Waals surface area contributed by atoms with E-state index in [1.807, 2.05) is 18.2 Å². The minimum atomic E-state index is -0.225. The lowest BCUT2D eigenvalue weighted by Gasteiger charge is -2.19. The molecular formula is C117H79F2N3. The van der Waals surface area contributed by atoms with E-state index in [4.69, 9.17) is 0 Å². The van der Waals surface area contributed by atoms with Crippen molar-refractivity contribution < 1.29 is 8.78 Å². The maximum Gasteiger partial charge on any atom is 0.123 e. The van der Waals surface area contributed by atoms with E-state index in [-0.39, 0.29) is 11.6 Å². The molecule has 0 bridgehead atoms. The molecule has 21 aromatic carbocycles. The van der Waals surface area contributed by atoms with Crippen LogP contribution in [0.4, 0.5) is 8.78 Å². The number of fused-ring (bicyclic) bond motifs is 15. The van der Waals surface area contributed by atoms with Crippen molar-refractivity contribution in [3.05, 3.63) is 453 Å². The monoisotopic (exact) mass is 1560 g/mol. The van der Waals surface area contributed by atoms with Crippen molar-refractivity contribution in [1.82, 2.24) is 13.7 Å². The van der Waals surface area contributed by atoms with Crippen molar-refractivity contribution in [2.45, 2.75) is 20.3 Å². The van der Waals surface area contributed by atoms with Crippen LogP contribution in [-0.4, -0.2) is 13.7 Å². The van der Waals surface area contributed by atoms with Gasteiger partial charge in [0.25, 0.3) is 0 Å². The summed E-state index contributed by atoms with van der Waals surface area (Å²) in [6.07, 6.45) is 1.05. The number of halogens is 2. The summed E-state index contributed by atoms with van der Waals surface area (Å²) in [4.78, 5) is 0. The molecule has 0 radical (unpaired) electrons. The van der Waals surface area contributed by atoms with Crippen molar-refractivity contribution in [2.24, 2.45) is 0 Å². The molecule has 0 N–H and O–H groups in total. The van der Waals surface area contributed by atoms with Crippen molar-refractivity contribution in [3.8, 4) is 83.8 Å². The Bertz CT molecular complexity index is 7900. The fourth-order valence-corrected chi connectivity index (χ4v) is 19.6. The van der Waals surface area contributed by atoms with Crippen LogP contribution >= 0.6 is 0 Å². The van der Waals surface area contributed by atoms with Crippen LogP contribution in [0.25, 0.3) is 214 Å². The molecule has 0 atom stereocenters. The number of hydrogen-bond donors (Lipinski definition) is 0. The van der Waals surface area contributed by atoms with E-state index in [2.05, 4.69) is 416 Å². The predicted octanol–water partition coefficient (Wildman–Crippen LogP) is 32.4. The van der Waals surface area contributed by atoms with Gasteiger partial charge >= 0.3 is 0 Å². The largest absolute Gasteiger partial charge is 0.309 e. The molecule has 0 saturated carbocycles. The molecular weight excluding hydrogens is 1490 g/mol. The fourth-order valence-electron chi connectivity index (χ4n) is 19.6. The standard InChI is InChI=1S/C40H29N.C39H26FN.C38H24FN/c1-2-27-19-21-28(22-20-27)39-33-13-3-5-15-35(33)40(36-16-6-4-14-34(36)39)29-23-25-30(26-24-29)41-37-17-9-7-11-31(37)32-12-8-10-18-38(32)41;1-25-18-21-27(40)24-35(25)39-33-14-4-2-12-31(33)38(32-13-3-5-15-34(32)39)26-19-22-28(23-20-26)41-36-16-8-6-10-29(36)30-11-7-9-17-37(30)41;39-27-21-17-25(18-22-27)37-31-11-1-3-13-33(31)38(34-14-4-2-12-32(34)37)26-19-23-28(24-20-26)40-35-15-7-5-9-29(35)30-10-6-8-16-36(30)40/h3-26H,2H2,1H3;2-24H,1H3;1-24H. The fraction of sp³-hybridized carbons (Fsp3) is 0.0256. The summed E-state index contributed by atoms with van der Waals surface area (Å²) >= 11 is 0. The van der Waals surface area contributed by atoms with Crippen LogP contribution in [-0.2, 0) is 6.42 Å². The van der Waals surface area contributed by atoms with Crippen molar-refractivity contribution in [1.29, 1.82) is 0 Å². The summed E-state index contributed by atoms with van der Waals surface area (Å²) < 4.78 is 35.4. The van der Waals surface area contributed by atoms with Crippen molar-refractivity contribution >= 4 is 130 Å². The predicted molar refractivity (Wildman–Crippen MR) is 514 cm³/mol. The highest BCUT2D eigenvalue weighted by Gasteiger charge is 2.24. The van der Waals surface area contributed by atoms with Gasteiger partial charge in [0.1, 0.15) is 11.6 Å². The minimum absolute atomic E-state index is 0.219. The first kappa shape index (κ1) is 72.9. The maximum atomic E-state index is 14.5. The molecule has 0 unspecified atom stereocenters. The van der Waals surface area contributed by atoms with Gasteiger partial charge in [0.05, 0.1) is 33.1 Å². The molecule has 576 valence electrons. The number of aromatic nitrogens is 3. The Balaban J connectivity index is 0.000000109. The van der Waals surface area contributed by atoms with E-state index in [1.165, 1.54) is 154 Å². The average Bonchev–Trinajstić information content (AvgIpc) is 1.17. The molecule has 3 aromatic heterocycles. The Morgan fingerprint density at radius 3 is 0.607 bits per heavy atom. The second kappa shape index (κ2) is 30.4. The van der Waals surface area contributed by atoms with E-state index in [9.17, 15) is 8.78 Å². The van der Waals surface area contributed by atoms with Gasteiger partial charge in [0.15, 0.2) is 0 Å². The molecule has 3 nitrogen and oxygen atoms in total. The molecule has 5 heteroatoms. The Hall–Kier alpha value is -15.6. The lowest BCUT2D eigenvalue weighted by Crippen LogP contribution is -1.95. The number of nitrogens with zero attached hydrogens (tertiary/aromatic N) is 3. The van der Waals surface area contributed by atoms with Gasteiger partial charge in [-0.2, -0.15) is 0 Å². The first-order valence-electron chi connectivity index (χ1n) is 42.0. The molecule has 3 heterocycles. The molecule has 24 aromatic rings. The summed E-state index contributed by atoms with van der Waals surface area (Å²) in [6.45, 7) is 4.26. The molecule has 0 aliphatic rings. The van der Waals surface area contributed by atoms with Crippen LogP contribution in [0.5, 0.6) is 0 Å². The summed E-state index contributed by atoms with van der Waals surface area (Å²) in [5.74, 6) is -0.444. The van der Waals surface area contributed by atoms with Crippen LogP contribution in [0, 0.1) is 18.6 Å². The summed E-state index contributed by atoms with van der Waals surface area (Å²) in [7, 11) is 0. The summed E-state index contributed by atoms with van der Waals surface area (Å²) in [5.41, 5.74) is 27.1. The normalized spacial score (nSPS) is 11.6. The van der Waals surface area contributed by atoms with E-state index in [0.717, 1.165) is 83.5 Å². The number of aryl methyl sites for hydroxylation is 2. The van der Waals surface area contributed by atoms with Gasteiger partial charge in [-0.15, -0.1) is 0 Å². The summed E-state index contributed by atoms with van der Waals surface area (Å²) in [5, 5.41) is 22.0. The van der Waals surface area contributed by atoms with E-state index >= 15 is 0 Å². The zero-order chi connectivity index (χ0) is 81.5. The first-order chi connectivity index (χ1) is 60.3. The third-order valence-electron chi connectivity index (χ3n) is 25.0. The highest BCUT2D eigenvalue weighted by atomic mass is 19.1. The van der Waals surface area contributed by atoms with Gasteiger partial charge in [-0.05, 0) is 253 Å². The quantitative estimate of drug-likeness (QED) is 0.121. The Morgan fingerprint density at radius 2 is 0.377 bits per heavy atom. The number of benzene rings is 21. The van der Waals surface area contributed by atoms with Gasteiger partial charge < -0.3 is 13.7 Å². The van der Waals surface area contributed by atoms with E-state index in [0.29, 0.717) is 0 Å². The molecule has 0 amide bonds. The van der Waals surface area contributed by atoms with Crippen LogP contribution < -0.4 is 0 Å². The second-order valence-corrected chi connectivity index (χ2v) is 31.8. The van der Waals surface area contributed by atoms with Gasteiger partial charge in [-0.1, -0.05) is 341 Å². The van der Waals surface area contributed by atoms with E-state index in [1.54, 1.807) is 18.2 Å². The molecule has 24 rings (SSSR count).